The van der Waals surface area contributed by atoms with E-state index in [1.165, 1.54) is 11.1 Å². The molecule has 188 valence electrons. The van der Waals surface area contributed by atoms with Crippen LogP contribution in [0.2, 0.25) is 0 Å². The first-order chi connectivity index (χ1) is 18.2. The third-order valence-corrected chi connectivity index (χ3v) is 7.14. The summed E-state index contributed by atoms with van der Waals surface area (Å²) in [7, 11) is 0. The number of amides is 1. The average molecular weight is 491 g/mol. The molecule has 5 rings (SSSR count). The van der Waals surface area contributed by atoms with Gasteiger partial charge in [-0.1, -0.05) is 84.9 Å². The molecule has 0 atom stereocenters. The smallest absolute Gasteiger partial charge is 0.251 e. The molecule has 1 aliphatic heterocycles. The van der Waals surface area contributed by atoms with Crippen LogP contribution in [-0.2, 0) is 0 Å². The van der Waals surface area contributed by atoms with E-state index in [0.29, 0.717) is 17.2 Å². The van der Waals surface area contributed by atoms with E-state index in [-0.39, 0.29) is 11.9 Å². The number of hydrogen-bond acceptors (Lipinski definition) is 3. The summed E-state index contributed by atoms with van der Waals surface area (Å²) >= 11 is 0. The first kappa shape index (κ1) is 24.8. The van der Waals surface area contributed by atoms with E-state index < -0.39 is 0 Å². The summed E-state index contributed by atoms with van der Waals surface area (Å²) in [5, 5.41) is 3.24. The van der Waals surface area contributed by atoms with Gasteiger partial charge in [-0.2, -0.15) is 0 Å². The number of carbonyl (C=O) groups is 1. The van der Waals surface area contributed by atoms with Gasteiger partial charge in [0.25, 0.3) is 5.91 Å². The fourth-order valence-electron chi connectivity index (χ4n) is 5.10. The van der Waals surface area contributed by atoms with Crippen LogP contribution in [0.4, 0.5) is 0 Å². The Morgan fingerprint density at radius 3 is 1.95 bits per heavy atom. The van der Waals surface area contributed by atoms with Crippen LogP contribution in [-0.4, -0.2) is 36.5 Å². The second-order valence-electron chi connectivity index (χ2n) is 9.69. The van der Waals surface area contributed by atoms with Gasteiger partial charge >= 0.3 is 0 Å². The Morgan fingerprint density at radius 2 is 1.32 bits per heavy atom. The summed E-state index contributed by atoms with van der Waals surface area (Å²) in [6.07, 6.45) is 3.01. The number of rotatable bonds is 9. The van der Waals surface area contributed by atoms with Gasteiger partial charge in [0, 0.05) is 30.6 Å². The highest BCUT2D eigenvalue weighted by Gasteiger charge is 2.23. The number of carbonyl (C=O) groups excluding carboxylic acids is 1. The number of ether oxygens (including phenoxy) is 1. The number of para-hydroxylation sites is 1. The van der Waals surface area contributed by atoms with Crippen molar-refractivity contribution in [1.82, 2.24) is 10.2 Å². The van der Waals surface area contributed by atoms with Gasteiger partial charge in [-0.05, 0) is 67.3 Å². The summed E-state index contributed by atoms with van der Waals surface area (Å²) < 4.78 is 5.90. The van der Waals surface area contributed by atoms with Crippen LogP contribution in [0.1, 0.15) is 46.7 Å². The first-order valence-corrected chi connectivity index (χ1v) is 13.2. The maximum Gasteiger partial charge on any atom is 0.251 e. The standard InChI is InChI=1S/C33H34N2O2/c36-33(28-15-10-18-31(25-28)37-30-16-8-3-9-17-30)34-29-19-22-35(23-20-29)24-21-32(26-11-4-1-5-12-26)27-13-6-2-7-14-27/h1-18,25,29,32H,19-24H2,(H,34,36). The first-order valence-electron chi connectivity index (χ1n) is 13.2. The van der Waals surface area contributed by atoms with Gasteiger partial charge in [-0.3, -0.25) is 4.79 Å². The van der Waals surface area contributed by atoms with E-state index in [2.05, 4.69) is 70.9 Å². The Balaban J connectivity index is 1.12. The molecule has 1 fully saturated rings. The largest absolute Gasteiger partial charge is 0.457 e. The van der Waals surface area contributed by atoms with Crippen molar-refractivity contribution in [3.63, 3.8) is 0 Å². The van der Waals surface area contributed by atoms with Crippen LogP contribution in [0.3, 0.4) is 0 Å². The molecule has 4 nitrogen and oxygen atoms in total. The molecule has 0 aromatic heterocycles. The highest BCUT2D eigenvalue weighted by atomic mass is 16.5. The molecule has 0 saturated carbocycles. The molecule has 4 aromatic rings. The molecule has 0 bridgehead atoms. The molecule has 1 heterocycles. The zero-order valence-corrected chi connectivity index (χ0v) is 21.1. The maximum absolute atomic E-state index is 12.9. The summed E-state index contributed by atoms with van der Waals surface area (Å²) in [6, 6.07) is 38.8. The fourth-order valence-corrected chi connectivity index (χ4v) is 5.10. The maximum atomic E-state index is 12.9. The SMILES string of the molecule is O=C(NC1CCN(CCC(c2ccccc2)c2ccccc2)CC1)c1cccc(Oc2ccccc2)c1. The Hall–Kier alpha value is -3.89. The number of hydrogen-bond donors (Lipinski definition) is 1. The molecular formula is C33H34N2O2. The van der Waals surface area contributed by atoms with Crippen molar-refractivity contribution in [3.8, 4) is 11.5 Å². The monoisotopic (exact) mass is 490 g/mol. The molecule has 1 aliphatic rings. The Morgan fingerprint density at radius 1 is 0.757 bits per heavy atom. The predicted molar refractivity (Wildman–Crippen MR) is 149 cm³/mol. The van der Waals surface area contributed by atoms with Crippen LogP contribution >= 0.6 is 0 Å². The lowest BCUT2D eigenvalue weighted by atomic mass is 9.88. The van der Waals surface area contributed by atoms with Gasteiger partial charge in [0.05, 0.1) is 0 Å². The van der Waals surface area contributed by atoms with E-state index >= 15 is 0 Å². The molecule has 1 N–H and O–H groups in total. The van der Waals surface area contributed by atoms with Crippen molar-refractivity contribution in [3.05, 3.63) is 132 Å². The lowest BCUT2D eigenvalue weighted by Crippen LogP contribution is -2.45. The average Bonchev–Trinajstić information content (AvgIpc) is 2.96. The number of benzene rings is 4. The van der Waals surface area contributed by atoms with E-state index in [4.69, 9.17) is 4.74 Å². The third kappa shape index (κ3) is 6.87. The summed E-state index contributed by atoms with van der Waals surface area (Å²) in [6.45, 7) is 3.05. The van der Waals surface area contributed by atoms with Crippen molar-refractivity contribution < 1.29 is 9.53 Å². The van der Waals surface area contributed by atoms with Gasteiger partial charge in [0.2, 0.25) is 0 Å². The Bertz CT molecular complexity index is 1210. The molecule has 1 amide bonds. The number of nitrogens with one attached hydrogen (secondary N) is 1. The molecule has 0 aliphatic carbocycles. The summed E-state index contributed by atoms with van der Waals surface area (Å²) in [5.74, 6) is 1.78. The van der Waals surface area contributed by atoms with Crippen LogP contribution in [0.5, 0.6) is 11.5 Å². The quantitative estimate of drug-likeness (QED) is 0.278. The molecule has 0 spiro atoms. The molecule has 0 radical (unpaired) electrons. The van der Waals surface area contributed by atoms with Crippen molar-refractivity contribution in [2.45, 2.75) is 31.2 Å². The topological polar surface area (TPSA) is 41.6 Å². The van der Waals surface area contributed by atoms with Gasteiger partial charge in [0.15, 0.2) is 0 Å². The van der Waals surface area contributed by atoms with E-state index in [0.717, 1.165) is 44.6 Å². The van der Waals surface area contributed by atoms with Gasteiger partial charge < -0.3 is 15.0 Å². The van der Waals surface area contributed by atoms with Gasteiger partial charge in [-0.15, -0.1) is 0 Å². The van der Waals surface area contributed by atoms with Gasteiger partial charge in [0.1, 0.15) is 11.5 Å². The highest BCUT2D eigenvalue weighted by molar-refractivity contribution is 5.94. The van der Waals surface area contributed by atoms with Crippen molar-refractivity contribution in [2.75, 3.05) is 19.6 Å². The minimum atomic E-state index is -0.0369. The molecule has 37 heavy (non-hydrogen) atoms. The zero-order valence-electron chi connectivity index (χ0n) is 21.1. The van der Waals surface area contributed by atoms with Crippen LogP contribution in [0.25, 0.3) is 0 Å². The van der Waals surface area contributed by atoms with Crippen LogP contribution in [0, 0.1) is 0 Å². The van der Waals surface area contributed by atoms with Crippen LogP contribution in [0.15, 0.2) is 115 Å². The van der Waals surface area contributed by atoms with Crippen molar-refractivity contribution in [1.29, 1.82) is 0 Å². The zero-order chi connectivity index (χ0) is 25.3. The second kappa shape index (κ2) is 12.4. The molecule has 0 unspecified atom stereocenters. The predicted octanol–water partition coefficient (Wildman–Crippen LogP) is 6.90. The minimum Gasteiger partial charge on any atom is -0.457 e. The number of likely N-dealkylation sites (tertiary alicyclic amines) is 1. The summed E-state index contributed by atoms with van der Waals surface area (Å²) in [4.78, 5) is 15.5. The molecule has 1 saturated heterocycles. The Labute approximate surface area is 219 Å². The molecular weight excluding hydrogens is 456 g/mol. The fraction of sp³-hybridized carbons (Fsp3) is 0.242. The normalized spacial score (nSPS) is 14.4. The third-order valence-electron chi connectivity index (χ3n) is 7.14. The van der Waals surface area contributed by atoms with E-state index in [9.17, 15) is 4.79 Å². The lowest BCUT2D eigenvalue weighted by molar-refractivity contribution is 0.0910. The van der Waals surface area contributed by atoms with Crippen LogP contribution < -0.4 is 10.1 Å². The Kier molecular flexibility index (Phi) is 8.29. The minimum absolute atomic E-state index is 0.0369. The summed E-state index contributed by atoms with van der Waals surface area (Å²) in [5.41, 5.74) is 3.37. The van der Waals surface area contributed by atoms with Gasteiger partial charge in [-0.25, -0.2) is 0 Å². The lowest BCUT2D eigenvalue weighted by Gasteiger charge is -2.33. The highest BCUT2D eigenvalue weighted by Crippen LogP contribution is 2.29. The molecule has 4 aromatic carbocycles. The van der Waals surface area contributed by atoms with Crippen molar-refractivity contribution in [2.24, 2.45) is 0 Å². The number of nitrogens with zero attached hydrogens (tertiary/aromatic N) is 1. The number of piperidine rings is 1. The second-order valence-corrected chi connectivity index (χ2v) is 9.69. The van der Waals surface area contributed by atoms with E-state index in [1.54, 1.807) is 0 Å². The van der Waals surface area contributed by atoms with Crippen molar-refractivity contribution >= 4 is 5.91 Å². The molecule has 4 heteroatoms. The van der Waals surface area contributed by atoms with E-state index in [1.807, 2.05) is 54.6 Å².